The third-order valence-electron chi connectivity index (χ3n) is 4.17. The largest absolute Gasteiger partial charge is 0.480 e. The van der Waals surface area contributed by atoms with Gasteiger partial charge >= 0.3 is 5.97 Å². The van der Waals surface area contributed by atoms with Crippen LogP contribution in [0.1, 0.15) is 17.3 Å². The predicted octanol–water partition coefficient (Wildman–Crippen LogP) is 2.00. The monoisotopic (exact) mass is 372 g/mol. The fourth-order valence-electron chi connectivity index (χ4n) is 2.72. The number of benzene rings is 1. The van der Waals surface area contributed by atoms with Crippen LogP contribution in [0.2, 0.25) is 0 Å². The minimum Gasteiger partial charge on any atom is -0.480 e. The summed E-state index contributed by atoms with van der Waals surface area (Å²) in [6, 6.07) is 8.95. The molecule has 0 spiro atoms. The van der Waals surface area contributed by atoms with Gasteiger partial charge in [-0.1, -0.05) is 12.1 Å². The Balaban J connectivity index is 1.68. The molecule has 26 heavy (non-hydrogen) atoms. The highest BCUT2D eigenvalue weighted by molar-refractivity contribution is 8.00. The van der Waals surface area contributed by atoms with Crippen LogP contribution >= 0.6 is 11.8 Å². The van der Waals surface area contributed by atoms with E-state index >= 15 is 0 Å². The maximum atomic E-state index is 12.9. The normalized spacial score (nSPS) is 15.6. The van der Waals surface area contributed by atoms with E-state index in [9.17, 15) is 9.59 Å². The quantitative estimate of drug-likeness (QED) is 0.803. The van der Waals surface area contributed by atoms with Crippen LogP contribution in [0.15, 0.2) is 47.6 Å². The number of piperazine rings is 1. The van der Waals surface area contributed by atoms with Crippen molar-refractivity contribution in [2.75, 3.05) is 31.1 Å². The average molecular weight is 372 g/mol. The van der Waals surface area contributed by atoms with Gasteiger partial charge in [0, 0.05) is 43.5 Å². The Morgan fingerprint density at radius 1 is 1.08 bits per heavy atom. The van der Waals surface area contributed by atoms with Crippen LogP contribution in [0.5, 0.6) is 0 Å². The molecule has 1 fully saturated rings. The summed E-state index contributed by atoms with van der Waals surface area (Å²) < 4.78 is 0. The molecule has 1 atom stereocenters. The average Bonchev–Trinajstić information content (AvgIpc) is 2.68. The zero-order valence-electron chi connectivity index (χ0n) is 14.4. The molecule has 8 heteroatoms. The lowest BCUT2D eigenvalue weighted by molar-refractivity contribution is -0.136. The predicted molar refractivity (Wildman–Crippen MR) is 99.5 cm³/mol. The third-order valence-corrected chi connectivity index (χ3v) is 5.34. The number of hydrogen-bond acceptors (Lipinski definition) is 6. The van der Waals surface area contributed by atoms with Crippen LogP contribution in [-0.4, -0.2) is 63.3 Å². The molecular weight excluding hydrogens is 352 g/mol. The molecule has 1 amide bonds. The van der Waals surface area contributed by atoms with Crippen molar-refractivity contribution in [1.29, 1.82) is 0 Å². The number of carboxylic acid groups (broad SMARTS) is 1. The van der Waals surface area contributed by atoms with E-state index in [4.69, 9.17) is 5.11 Å². The van der Waals surface area contributed by atoms with Crippen LogP contribution < -0.4 is 4.90 Å². The first-order valence-electron chi connectivity index (χ1n) is 8.36. The van der Waals surface area contributed by atoms with Crippen molar-refractivity contribution >= 4 is 29.6 Å². The SMILES string of the molecule is CC(Sc1ccccc1C(=O)N1CCN(c2ncccn2)CC1)C(=O)O. The number of thioether (sulfide) groups is 1. The number of amides is 1. The molecule has 1 aromatic carbocycles. The number of anilines is 1. The third kappa shape index (κ3) is 4.13. The highest BCUT2D eigenvalue weighted by Crippen LogP contribution is 2.28. The Hall–Kier alpha value is -2.61. The minimum atomic E-state index is -0.895. The molecule has 136 valence electrons. The topological polar surface area (TPSA) is 86.6 Å². The molecule has 3 rings (SSSR count). The number of nitrogens with zero attached hydrogens (tertiary/aromatic N) is 4. The van der Waals surface area contributed by atoms with E-state index in [0.717, 1.165) is 0 Å². The van der Waals surface area contributed by atoms with Gasteiger partial charge in [0.1, 0.15) is 5.25 Å². The molecule has 1 aromatic heterocycles. The van der Waals surface area contributed by atoms with E-state index in [1.54, 1.807) is 48.5 Å². The summed E-state index contributed by atoms with van der Waals surface area (Å²) in [7, 11) is 0. The molecule has 0 saturated carbocycles. The number of carboxylic acids is 1. The zero-order chi connectivity index (χ0) is 18.5. The first kappa shape index (κ1) is 18.2. The molecule has 1 N–H and O–H groups in total. The van der Waals surface area contributed by atoms with E-state index in [-0.39, 0.29) is 5.91 Å². The first-order valence-corrected chi connectivity index (χ1v) is 9.24. The van der Waals surface area contributed by atoms with Crippen molar-refractivity contribution in [1.82, 2.24) is 14.9 Å². The van der Waals surface area contributed by atoms with Gasteiger partial charge in [0.05, 0.1) is 5.56 Å². The Labute approximate surface area is 156 Å². The Bertz CT molecular complexity index is 779. The van der Waals surface area contributed by atoms with E-state index in [1.807, 2.05) is 6.07 Å². The van der Waals surface area contributed by atoms with Gasteiger partial charge in [0.15, 0.2) is 0 Å². The van der Waals surface area contributed by atoms with E-state index in [2.05, 4.69) is 14.9 Å². The number of rotatable bonds is 5. The lowest BCUT2D eigenvalue weighted by Gasteiger charge is -2.35. The van der Waals surface area contributed by atoms with Crippen molar-refractivity contribution in [3.63, 3.8) is 0 Å². The fraction of sp³-hybridized carbons (Fsp3) is 0.333. The van der Waals surface area contributed by atoms with Gasteiger partial charge in [0.25, 0.3) is 5.91 Å². The van der Waals surface area contributed by atoms with Gasteiger partial charge in [-0.15, -0.1) is 11.8 Å². The Morgan fingerprint density at radius 2 is 1.73 bits per heavy atom. The van der Waals surface area contributed by atoms with Gasteiger partial charge in [-0.2, -0.15) is 0 Å². The first-order chi connectivity index (χ1) is 12.6. The van der Waals surface area contributed by atoms with Crippen LogP contribution in [0, 0.1) is 0 Å². The van der Waals surface area contributed by atoms with E-state index in [1.165, 1.54) is 11.8 Å². The lowest BCUT2D eigenvalue weighted by atomic mass is 10.2. The van der Waals surface area contributed by atoms with Gasteiger partial charge in [-0.05, 0) is 25.1 Å². The second-order valence-corrected chi connectivity index (χ2v) is 7.31. The number of carbonyl (C=O) groups is 2. The standard InChI is InChI=1S/C18H20N4O3S/c1-13(17(24)25)26-15-6-3-2-5-14(15)16(23)21-9-11-22(12-10-21)18-19-7-4-8-20-18/h2-8,13H,9-12H2,1H3,(H,24,25). The van der Waals surface area contributed by atoms with Crippen LogP contribution in [0.4, 0.5) is 5.95 Å². The van der Waals surface area contributed by atoms with E-state index < -0.39 is 11.2 Å². The highest BCUT2D eigenvalue weighted by atomic mass is 32.2. The van der Waals surface area contributed by atoms with Crippen LogP contribution in [0.25, 0.3) is 0 Å². The summed E-state index contributed by atoms with van der Waals surface area (Å²) >= 11 is 1.19. The lowest BCUT2D eigenvalue weighted by Crippen LogP contribution is -2.49. The van der Waals surface area contributed by atoms with Gasteiger partial charge in [0.2, 0.25) is 5.95 Å². The summed E-state index contributed by atoms with van der Waals surface area (Å²) in [4.78, 5) is 37.1. The molecule has 2 heterocycles. The number of hydrogen-bond donors (Lipinski definition) is 1. The second kappa shape index (κ2) is 8.18. The summed E-state index contributed by atoms with van der Waals surface area (Å²) in [5.74, 6) is -0.293. The number of aliphatic carboxylic acids is 1. The number of carbonyl (C=O) groups excluding carboxylic acids is 1. The maximum Gasteiger partial charge on any atom is 0.316 e. The van der Waals surface area contributed by atoms with Gasteiger partial charge < -0.3 is 14.9 Å². The van der Waals surface area contributed by atoms with Crippen molar-refractivity contribution in [3.05, 3.63) is 48.3 Å². The van der Waals surface area contributed by atoms with Crippen molar-refractivity contribution in [2.45, 2.75) is 17.1 Å². The minimum absolute atomic E-state index is 0.0701. The van der Waals surface area contributed by atoms with Crippen LogP contribution in [0.3, 0.4) is 0 Å². The molecule has 0 radical (unpaired) electrons. The number of aromatic nitrogens is 2. The highest BCUT2D eigenvalue weighted by Gasteiger charge is 2.25. The molecule has 1 unspecified atom stereocenters. The zero-order valence-corrected chi connectivity index (χ0v) is 15.2. The van der Waals surface area contributed by atoms with Gasteiger partial charge in [-0.3, -0.25) is 9.59 Å². The molecule has 1 aliphatic heterocycles. The molecule has 7 nitrogen and oxygen atoms in total. The van der Waals surface area contributed by atoms with Crippen molar-refractivity contribution in [2.24, 2.45) is 0 Å². The Morgan fingerprint density at radius 3 is 2.38 bits per heavy atom. The summed E-state index contributed by atoms with van der Waals surface area (Å²) in [5.41, 5.74) is 0.551. The van der Waals surface area contributed by atoms with Gasteiger partial charge in [-0.25, -0.2) is 9.97 Å². The summed E-state index contributed by atoms with van der Waals surface area (Å²) in [6.07, 6.45) is 3.41. The fourth-order valence-corrected chi connectivity index (χ4v) is 3.64. The summed E-state index contributed by atoms with van der Waals surface area (Å²) in [6.45, 7) is 4.09. The van der Waals surface area contributed by atoms with Crippen molar-refractivity contribution in [3.8, 4) is 0 Å². The molecule has 0 aliphatic carbocycles. The molecule has 1 aliphatic rings. The molecule has 0 bridgehead atoms. The maximum absolute atomic E-state index is 12.9. The second-order valence-electron chi connectivity index (χ2n) is 5.92. The summed E-state index contributed by atoms with van der Waals surface area (Å²) in [5, 5.41) is 8.51. The molecule has 1 saturated heterocycles. The van der Waals surface area contributed by atoms with E-state index in [0.29, 0.717) is 42.6 Å². The van der Waals surface area contributed by atoms with Crippen molar-refractivity contribution < 1.29 is 14.7 Å². The molecule has 2 aromatic rings. The molecular formula is C18H20N4O3S. The Kier molecular flexibility index (Phi) is 5.72. The van der Waals surface area contributed by atoms with Crippen LogP contribution in [-0.2, 0) is 4.79 Å². The smallest absolute Gasteiger partial charge is 0.316 e.